The monoisotopic (exact) mass is 292 g/mol. The Labute approximate surface area is 119 Å². The standard InChI is InChI=1S/C12H12N4O5/c1-20-10-4-8(3-9(5-10)16(18)19)6-15-7-13-11(14-15)12(17)21-2/h3-5,7H,6H2,1-2H3. The lowest BCUT2D eigenvalue weighted by Crippen LogP contribution is -2.06. The minimum absolute atomic E-state index is 0.0742. The molecule has 0 N–H and O–H groups in total. The number of hydrogen-bond donors (Lipinski definition) is 0. The van der Waals surface area contributed by atoms with Gasteiger partial charge in [0.25, 0.3) is 11.5 Å². The third kappa shape index (κ3) is 3.32. The highest BCUT2D eigenvalue weighted by Crippen LogP contribution is 2.22. The van der Waals surface area contributed by atoms with Crippen molar-refractivity contribution in [2.45, 2.75) is 6.54 Å². The molecule has 110 valence electrons. The van der Waals surface area contributed by atoms with E-state index in [1.54, 1.807) is 6.07 Å². The Bertz CT molecular complexity index is 682. The molecule has 1 aromatic heterocycles. The minimum Gasteiger partial charge on any atom is -0.496 e. The summed E-state index contributed by atoms with van der Waals surface area (Å²) in [6.45, 7) is 0.210. The van der Waals surface area contributed by atoms with Gasteiger partial charge >= 0.3 is 5.97 Å². The molecule has 0 saturated heterocycles. The second-order valence-corrected chi connectivity index (χ2v) is 4.05. The molecule has 1 heterocycles. The lowest BCUT2D eigenvalue weighted by atomic mass is 10.2. The van der Waals surface area contributed by atoms with E-state index in [1.165, 1.54) is 37.4 Å². The summed E-state index contributed by atoms with van der Waals surface area (Å²) in [5.74, 6) is -0.354. The number of nitro benzene ring substituents is 1. The molecular weight excluding hydrogens is 280 g/mol. The molecule has 0 radical (unpaired) electrons. The van der Waals surface area contributed by atoms with Gasteiger partial charge in [0.2, 0.25) is 0 Å². The van der Waals surface area contributed by atoms with Gasteiger partial charge in [0.1, 0.15) is 12.1 Å². The van der Waals surface area contributed by atoms with Gasteiger partial charge in [0.15, 0.2) is 0 Å². The highest BCUT2D eigenvalue weighted by Gasteiger charge is 2.13. The zero-order valence-electron chi connectivity index (χ0n) is 11.3. The van der Waals surface area contributed by atoms with Crippen LogP contribution in [0.5, 0.6) is 5.75 Å². The van der Waals surface area contributed by atoms with Crippen LogP contribution in [0.15, 0.2) is 24.5 Å². The number of carbonyl (C=O) groups is 1. The summed E-state index contributed by atoms with van der Waals surface area (Å²) in [4.78, 5) is 25.4. The molecule has 9 nitrogen and oxygen atoms in total. The second kappa shape index (κ2) is 5.99. The quantitative estimate of drug-likeness (QED) is 0.460. The fraction of sp³-hybridized carbons (Fsp3) is 0.250. The van der Waals surface area contributed by atoms with Gasteiger partial charge in [-0.3, -0.25) is 10.1 Å². The van der Waals surface area contributed by atoms with Crippen LogP contribution in [0.25, 0.3) is 0 Å². The van der Waals surface area contributed by atoms with Crippen LogP contribution in [0.2, 0.25) is 0 Å². The van der Waals surface area contributed by atoms with Gasteiger partial charge in [-0.25, -0.2) is 14.5 Å². The van der Waals surface area contributed by atoms with Crippen molar-refractivity contribution in [2.24, 2.45) is 0 Å². The fourth-order valence-corrected chi connectivity index (χ4v) is 1.70. The number of methoxy groups -OCH3 is 2. The Kier molecular flexibility index (Phi) is 4.12. The van der Waals surface area contributed by atoms with E-state index in [9.17, 15) is 14.9 Å². The number of benzene rings is 1. The van der Waals surface area contributed by atoms with E-state index in [4.69, 9.17) is 4.74 Å². The Morgan fingerprint density at radius 1 is 1.38 bits per heavy atom. The Hall–Kier alpha value is -2.97. The second-order valence-electron chi connectivity index (χ2n) is 4.05. The van der Waals surface area contributed by atoms with Crippen molar-refractivity contribution in [2.75, 3.05) is 14.2 Å². The van der Waals surface area contributed by atoms with E-state index in [0.29, 0.717) is 11.3 Å². The van der Waals surface area contributed by atoms with E-state index >= 15 is 0 Å². The number of hydrogen-bond acceptors (Lipinski definition) is 7. The van der Waals surface area contributed by atoms with E-state index in [1.807, 2.05) is 0 Å². The number of carbonyl (C=O) groups excluding carboxylic acids is 1. The molecule has 0 spiro atoms. The molecule has 0 unspecified atom stereocenters. The van der Waals surface area contributed by atoms with Crippen LogP contribution in [-0.2, 0) is 11.3 Å². The average Bonchev–Trinajstić information content (AvgIpc) is 2.94. The van der Waals surface area contributed by atoms with Gasteiger partial charge < -0.3 is 9.47 Å². The first-order valence-corrected chi connectivity index (χ1v) is 5.83. The molecule has 9 heteroatoms. The molecule has 0 bridgehead atoms. The molecule has 21 heavy (non-hydrogen) atoms. The molecule has 0 aliphatic rings. The number of nitro groups is 1. The maximum Gasteiger partial charge on any atom is 0.377 e. The molecule has 0 aliphatic carbocycles. The van der Waals surface area contributed by atoms with Crippen LogP contribution in [0.3, 0.4) is 0 Å². The van der Waals surface area contributed by atoms with Gasteiger partial charge in [-0.1, -0.05) is 0 Å². The van der Waals surface area contributed by atoms with Crippen molar-refractivity contribution in [1.29, 1.82) is 0 Å². The van der Waals surface area contributed by atoms with Crippen molar-refractivity contribution >= 4 is 11.7 Å². The van der Waals surface area contributed by atoms with Gasteiger partial charge in [-0.15, -0.1) is 5.10 Å². The van der Waals surface area contributed by atoms with E-state index in [2.05, 4.69) is 14.8 Å². The lowest BCUT2D eigenvalue weighted by molar-refractivity contribution is -0.385. The van der Waals surface area contributed by atoms with Crippen LogP contribution in [0, 0.1) is 10.1 Å². The first kappa shape index (κ1) is 14.4. The molecule has 0 fully saturated rings. The van der Waals surface area contributed by atoms with Crippen LogP contribution in [-0.4, -0.2) is 39.9 Å². The molecule has 1 aromatic carbocycles. The number of nitrogens with zero attached hydrogens (tertiary/aromatic N) is 4. The van der Waals surface area contributed by atoms with Crippen LogP contribution in [0.1, 0.15) is 16.2 Å². The number of ether oxygens (including phenoxy) is 2. The summed E-state index contributed by atoms with van der Waals surface area (Å²) < 4.78 is 10.9. The predicted molar refractivity (Wildman–Crippen MR) is 70.1 cm³/mol. The molecule has 0 atom stereocenters. The zero-order chi connectivity index (χ0) is 15.4. The lowest BCUT2D eigenvalue weighted by Gasteiger charge is -2.05. The molecule has 2 aromatic rings. The summed E-state index contributed by atoms with van der Waals surface area (Å²) in [7, 11) is 2.65. The number of non-ortho nitro benzene ring substituents is 1. The van der Waals surface area contributed by atoms with Crippen LogP contribution in [0.4, 0.5) is 5.69 Å². The highest BCUT2D eigenvalue weighted by molar-refractivity contribution is 5.84. The number of rotatable bonds is 5. The SMILES string of the molecule is COC(=O)c1ncn(Cc2cc(OC)cc([N+](=O)[O-])c2)n1. The first-order chi connectivity index (χ1) is 10.0. The Balaban J connectivity index is 2.26. The van der Waals surface area contributed by atoms with Crippen molar-refractivity contribution in [3.8, 4) is 5.75 Å². The number of aromatic nitrogens is 3. The van der Waals surface area contributed by atoms with Crippen molar-refractivity contribution in [3.05, 3.63) is 46.0 Å². The zero-order valence-corrected chi connectivity index (χ0v) is 11.3. The topological polar surface area (TPSA) is 109 Å². The average molecular weight is 292 g/mol. The van der Waals surface area contributed by atoms with Gasteiger partial charge in [0, 0.05) is 6.07 Å². The largest absolute Gasteiger partial charge is 0.496 e. The van der Waals surface area contributed by atoms with Gasteiger partial charge in [0.05, 0.1) is 31.8 Å². The smallest absolute Gasteiger partial charge is 0.377 e. The third-order valence-corrected chi connectivity index (χ3v) is 2.65. The third-order valence-electron chi connectivity index (χ3n) is 2.65. The van der Waals surface area contributed by atoms with Crippen molar-refractivity contribution < 1.29 is 19.2 Å². The highest BCUT2D eigenvalue weighted by atomic mass is 16.6. The molecule has 0 saturated carbocycles. The predicted octanol–water partition coefficient (Wildman–Crippen LogP) is 1.03. The Morgan fingerprint density at radius 3 is 2.76 bits per heavy atom. The van der Waals surface area contributed by atoms with Crippen LogP contribution >= 0.6 is 0 Å². The first-order valence-electron chi connectivity index (χ1n) is 5.83. The maximum atomic E-state index is 11.3. The fourth-order valence-electron chi connectivity index (χ4n) is 1.70. The van der Waals surface area contributed by atoms with Gasteiger partial charge in [-0.05, 0) is 11.6 Å². The Morgan fingerprint density at radius 2 is 2.14 bits per heavy atom. The number of esters is 1. The molecule has 0 amide bonds. The van der Waals surface area contributed by atoms with Crippen LogP contribution < -0.4 is 4.74 Å². The van der Waals surface area contributed by atoms with E-state index in [0.717, 1.165) is 0 Å². The summed E-state index contributed by atoms with van der Waals surface area (Å²) in [6.07, 6.45) is 1.34. The summed E-state index contributed by atoms with van der Waals surface area (Å²) in [6, 6.07) is 4.37. The summed E-state index contributed by atoms with van der Waals surface area (Å²) in [5.41, 5.74) is 0.514. The van der Waals surface area contributed by atoms with E-state index < -0.39 is 10.9 Å². The molecule has 0 aliphatic heterocycles. The van der Waals surface area contributed by atoms with E-state index in [-0.39, 0.29) is 18.1 Å². The van der Waals surface area contributed by atoms with Gasteiger partial charge in [-0.2, -0.15) is 0 Å². The molecule has 2 rings (SSSR count). The maximum absolute atomic E-state index is 11.3. The molecular formula is C12H12N4O5. The van der Waals surface area contributed by atoms with Crippen molar-refractivity contribution in [1.82, 2.24) is 14.8 Å². The van der Waals surface area contributed by atoms with Crippen molar-refractivity contribution in [3.63, 3.8) is 0 Å². The summed E-state index contributed by atoms with van der Waals surface area (Å²) >= 11 is 0. The minimum atomic E-state index is -0.648. The summed E-state index contributed by atoms with van der Waals surface area (Å²) in [5, 5.41) is 14.8. The normalized spacial score (nSPS) is 10.2.